The van der Waals surface area contributed by atoms with Crippen LogP contribution in [-0.4, -0.2) is 15.9 Å². The number of nitrogens with zero attached hydrogens (tertiary/aromatic N) is 2. The topological polar surface area (TPSA) is 81.2 Å². The third-order valence-electron chi connectivity index (χ3n) is 3.77. The van der Waals surface area contributed by atoms with Gasteiger partial charge in [-0.05, 0) is 64.8 Å². The van der Waals surface area contributed by atoms with E-state index in [0.717, 1.165) is 11.1 Å². The molecule has 0 atom stereocenters. The first-order chi connectivity index (χ1) is 12.1. The van der Waals surface area contributed by atoms with Gasteiger partial charge in [0.15, 0.2) is 21.7 Å². The minimum absolute atomic E-state index is 0.225. The van der Waals surface area contributed by atoms with E-state index in [4.69, 9.17) is 8.83 Å². The molecule has 1 aromatic carbocycles. The largest absolute Gasteiger partial charge is 0.444 e. The lowest BCUT2D eigenvalue weighted by atomic mass is 10.1. The van der Waals surface area contributed by atoms with Crippen LogP contribution in [0.5, 0.6) is 0 Å². The van der Waals surface area contributed by atoms with Gasteiger partial charge in [-0.3, -0.25) is 4.79 Å². The van der Waals surface area contributed by atoms with Crippen LogP contribution < -0.4 is 5.32 Å². The molecule has 7 heteroatoms. The Labute approximate surface area is 151 Å². The second-order valence-electron chi connectivity index (χ2n) is 5.38. The van der Waals surface area contributed by atoms with Gasteiger partial charge >= 0.3 is 0 Å². The maximum atomic E-state index is 12.3. The predicted molar refractivity (Wildman–Crippen MR) is 96.3 cm³/mol. The molecule has 0 aliphatic carbocycles. The van der Waals surface area contributed by atoms with Crippen molar-refractivity contribution in [2.45, 2.75) is 6.92 Å². The van der Waals surface area contributed by atoms with Crippen LogP contribution in [0, 0.1) is 6.92 Å². The van der Waals surface area contributed by atoms with Crippen molar-refractivity contribution in [1.82, 2.24) is 9.97 Å². The molecule has 0 bridgehead atoms. The van der Waals surface area contributed by atoms with Crippen molar-refractivity contribution >= 4 is 38.8 Å². The van der Waals surface area contributed by atoms with E-state index >= 15 is 0 Å². The van der Waals surface area contributed by atoms with Crippen molar-refractivity contribution < 1.29 is 13.6 Å². The molecule has 0 unspecified atom stereocenters. The van der Waals surface area contributed by atoms with Crippen molar-refractivity contribution in [3.05, 3.63) is 64.7 Å². The summed E-state index contributed by atoms with van der Waals surface area (Å²) in [6, 6.07) is 12.4. The highest BCUT2D eigenvalue weighted by Crippen LogP contribution is 2.30. The minimum Gasteiger partial charge on any atom is -0.444 e. The Bertz CT molecular complexity index is 1050. The number of aromatic nitrogens is 2. The first-order valence-corrected chi connectivity index (χ1v) is 8.29. The van der Waals surface area contributed by atoms with E-state index in [1.54, 1.807) is 24.4 Å². The normalized spacial score (nSPS) is 11.0. The smallest absolute Gasteiger partial charge is 0.291 e. The molecule has 0 saturated heterocycles. The van der Waals surface area contributed by atoms with E-state index in [-0.39, 0.29) is 11.7 Å². The Hall–Kier alpha value is -2.93. The number of carbonyl (C=O) groups is 1. The Morgan fingerprint density at radius 1 is 1.12 bits per heavy atom. The van der Waals surface area contributed by atoms with Crippen LogP contribution in [0.15, 0.2) is 62.2 Å². The molecule has 0 radical (unpaired) electrons. The fourth-order valence-electron chi connectivity index (χ4n) is 2.51. The maximum Gasteiger partial charge on any atom is 0.291 e. The van der Waals surface area contributed by atoms with Crippen molar-refractivity contribution in [1.29, 1.82) is 0 Å². The summed E-state index contributed by atoms with van der Waals surface area (Å²) in [5, 5.41) is 2.85. The van der Waals surface area contributed by atoms with Crippen LogP contribution in [0.4, 0.5) is 5.69 Å². The fourth-order valence-corrected chi connectivity index (χ4v) is 2.81. The SMILES string of the molecule is Cc1c(NC(=O)c2ccc(Br)o2)cccc1-c1nc2ncccc2o1. The highest BCUT2D eigenvalue weighted by molar-refractivity contribution is 9.10. The molecule has 0 aliphatic heterocycles. The lowest BCUT2D eigenvalue weighted by Gasteiger charge is -2.09. The summed E-state index contributed by atoms with van der Waals surface area (Å²) in [5.41, 5.74) is 3.45. The van der Waals surface area contributed by atoms with Gasteiger partial charge in [-0.25, -0.2) is 4.98 Å². The average Bonchev–Trinajstić information content (AvgIpc) is 3.22. The van der Waals surface area contributed by atoms with Crippen LogP contribution in [0.25, 0.3) is 22.7 Å². The number of fused-ring (bicyclic) bond motifs is 1. The highest BCUT2D eigenvalue weighted by atomic mass is 79.9. The van der Waals surface area contributed by atoms with Crippen molar-refractivity contribution in [2.75, 3.05) is 5.32 Å². The predicted octanol–water partition coefficient (Wildman–Crippen LogP) is 4.81. The zero-order valence-electron chi connectivity index (χ0n) is 13.1. The Kier molecular flexibility index (Phi) is 3.85. The number of anilines is 1. The Morgan fingerprint density at radius 3 is 2.76 bits per heavy atom. The van der Waals surface area contributed by atoms with Crippen LogP contribution in [-0.2, 0) is 0 Å². The molecule has 3 aromatic heterocycles. The Balaban J connectivity index is 1.69. The standard InChI is InChI=1S/C18H12BrN3O3/c1-10-11(18-22-16-13(25-18)6-3-9-20-16)4-2-5-12(10)21-17(23)14-7-8-15(19)24-14/h2-9H,1H3,(H,21,23). The summed E-state index contributed by atoms with van der Waals surface area (Å²) in [6.45, 7) is 1.89. The molecule has 0 saturated carbocycles. The zero-order valence-corrected chi connectivity index (χ0v) is 14.7. The molecule has 0 aliphatic rings. The number of nitrogens with one attached hydrogen (secondary N) is 1. The lowest BCUT2D eigenvalue weighted by molar-refractivity contribution is 0.0995. The first kappa shape index (κ1) is 15.6. The number of amides is 1. The monoisotopic (exact) mass is 397 g/mol. The van der Waals surface area contributed by atoms with Crippen molar-refractivity contribution in [3.8, 4) is 11.5 Å². The van der Waals surface area contributed by atoms with E-state index in [1.165, 1.54) is 0 Å². The van der Waals surface area contributed by atoms with Gasteiger partial charge < -0.3 is 14.2 Å². The minimum atomic E-state index is -0.329. The van der Waals surface area contributed by atoms with Crippen molar-refractivity contribution in [2.24, 2.45) is 0 Å². The van der Waals surface area contributed by atoms with Crippen molar-refractivity contribution in [3.63, 3.8) is 0 Å². The number of furan rings is 1. The number of pyridine rings is 1. The summed E-state index contributed by atoms with van der Waals surface area (Å²) in [7, 11) is 0. The third kappa shape index (κ3) is 2.94. The second kappa shape index (κ2) is 6.18. The second-order valence-corrected chi connectivity index (χ2v) is 6.16. The molecule has 124 valence electrons. The summed E-state index contributed by atoms with van der Waals surface area (Å²) < 4.78 is 11.6. The number of benzene rings is 1. The van der Waals surface area contributed by atoms with Gasteiger partial charge in [0.05, 0.1) is 0 Å². The third-order valence-corrected chi connectivity index (χ3v) is 4.20. The number of carbonyl (C=O) groups excluding carboxylic acids is 1. The molecule has 1 N–H and O–H groups in total. The number of hydrogen-bond acceptors (Lipinski definition) is 5. The molecular weight excluding hydrogens is 386 g/mol. The zero-order chi connectivity index (χ0) is 17.4. The van der Waals surface area contributed by atoms with Crippen LogP contribution in [0.3, 0.4) is 0 Å². The summed E-state index contributed by atoms with van der Waals surface area (Å²) in [6.07, 6.45) is 1.67. The average molecular weight is 398 g/mol. The quantitative estimate of drug-likeness (QED) is 0.536. The lowest BCUT2D eigenvalue weighted by Crippen LogP contribution is -2.12. The molecule has 0 spiro atoms. The van der Waals surface area contributed by atoms with E-state index in [0.29, 0.717) is 27.5 Å². The van der Waals surface area contributed by atoms with E-state index in [9.17, 15) is 4.79 Å². The maximum absolute atomic E-state index is 12.3. The van der Waals surface area contributed by atoms with Gasteiger partial charge in [-0.15, -0.1) is 0 Å². The van der Waals surface area contributed by atoms with Gasteiger partial charge in [0.2, 0.25) is 5.89 Å². The molecule has 6 nitrogen and oxygen atoms in total. The van der Waals surface area contributed by atoms with Crippen LogP contribution in [0.2, 0.25) is 0 Å². The fraction of sp³-hybridized carbons (Fsp3) is 0.0556. The molecule has 1 amide bonds. The molecule has 3 heterocycles. The number of hydrogen-bond donors (Lipinski definition) is 1. The van der Waals surface area contributed by atoms with Gasteiger partial charge in [0.25, 0.3) is 5.91 Å². The molecule has 4 rings (SSSR count). The van der Waals surface area contributed by atoms with E-state index < -0.39 is 0 Å². The molecule has 25 heavy (non-hydrogen) atoms. The molecular formula is C18H12BrN3O3. The van der Waals surface area contributed by atoms with Crippen LogP contribution >= 0.6 is 15.9 Å². The van der Waals surface area contributed by atoms with Gasteiger partial charge in [0, 0.05) is 17.4 Å². The number of halogens is 1. The van der Waals surface area contributed by atoms with E-state index in [2.05, 4.69) is 31.2 Å². The van der Waals surface area contributed by atoms with E-state index in [1.807, 2.05) is 31.2 Å². The number of oxazole rings is 1. The van der Waals surface area contributed by atoms with Gasteiger partial charge in [0.1, 0.15) is 0 Å². The first-order valence-electron chi connectivity index (χ1n) is 7.50. The van der Waals surface area contributed by atoms with Crippen LogP contribution in [0.1, 0.15) is 16.1 Å². The molecule has 0 fully saturated rings. The Morgan fingerprint density at radius 2 is 2.00 bits per heavy atom. The summed E-state index contributed by atoms with van der Waals surface area (Å²) >= 11 is 3.19. The van der Waals surface area contributed by atoms with Gasteiger partial charge in [-0.1, -0.05) is 6.07 Å². The summed E-state index contributed by atoms with van der Waals surface area (Å²) in [5.74, 6) is 0.357. The molecule has 4 aromatic rings. The van der Waals surface area contributed by atoms with Gasteiger partial charge in [-0.2, -0.15) is 4.98 Å². The summed E-state index contributed by atoms with van der Waals surface area (Å²) in [4.78, 5) is 20.9. The highest BCUT2D eigenvalue weighted by Gasteiger charge is 2.16. The number of rotatable bonds is 3.